The number of carboxylic acid groups (broad SMARTS) is 1. The number of hydrogen-bond donors (Lipinski definition) is 4. The molecule has 0 saturated carbocycles. The number of hydrogen-bond acceptors (Lipinski definition) is 11. The van der Waals surface area contributed by atoms with Crippen molar-refractivity contribution < 1.29 is 33.6 Å². The molecule has 0 aromatic carbocycles. The summed E-state index contributed by atoms with van der Waals surface area (Å²) in [6, 6.07) is -0.963. The molecule has 1 aromatic heterocycles. The van der Waals surface area contributed by atoms with Gasteiger partial charge in [-0.05, 0) is 17.7 Å². The Kier molecular flexibility index (Phi) is 7.84. The van der Waals surface area contributed by atoms with E-state index in [9.17, 15) is 24.3 Å². The number of quaternary nitrogens is 1. The van der Waals surface area contributed by atoms with Crippen molar-refractivity contribution in [2.75, 3.05) is 45.3 Å². The highest BCUT2D eigenvalue weighted by atomic mass is 32.2. The molecule has 0 bridgehead atoms. The number of aliphatic carboxylic acids is 1. The van der Waals surface area contributed by atoms with Gasteiger partial charge in [0.15, 0.2) is 5.13 Å². The van der Waals surface area contributed by atoms with E-state index in [-0.39, 0.29) is 22.4 Å². The molecular formula is C22H27N8O6S2+. The molecule has 1 unspecified atom stereocenters. The summed E-state index contributed by atoms with van der Waals surface area (Å²) in [7, 11) is 3.29. The second kappa shape index (κ2) is 10.9. The lowest BCUT2D eigenvalue weighted by molar-refractivity contribution is -0.899. The van der Waals surface area contributed by atoms with Crippen molar-refractivity contribution >= 4 is 57.8 Å². The molecular weight excluding hydrogens is 536 g/mol. The zero-order valence-electron chi connectivity index (χ0n) is 20.6. The molecule has 202 valence electrons. The number of nitrogens with one attached hydrogen (secondary N) is 1. The van der Waals surface area contributed by atoms with Crippen LogP contribution in [0.3, 0.4) is 0 Å². The van der Waals surface area contributed by atoms with Gasteiger partial charge in [0, 0.05) is 29.3 Å². The quantitative estimate of drug-likeness (QED) is 0.125. The van der Waals surface area contributed by atoms with Crippen LogP contribution < -0.4 is 16.8 Å². The number of fused-ring (bicyclic) bond motifs is 1. The number of nitrogens with zero attached hydrogens (tertiary/aromatic N) is 5. The topological polar surface area (TPSA) is 203 Å². The number of β-lactam (4-membered cyclic amide) rings is 1. The second-order valence-corrected chi connectivity index (χ2v) is 11.0. The zero-order valence-corrected chi connectivity index (χ0v) is 22.3. The van der Waals surface area contributed by atoms with Crippen LogP contribution in [0.25, 0.3) is 0 Å². The number of carbonyl (C=O) groups excluding carboxylic acids is 3. The van der Waals surface area contributed by atoms with E-state index in [0.717, 1.165) is 18.1 Å². The molecule has 14 nitrogen and oxygen atoms in total. The van der Waals surface area contributed by atoms with Crippen LogP contribution in [-0.4, -0.2) is 104 Å². The fraction of sp³-hybridized carbons (Fsp3) is 0.409. The Morgan fingerprint density at radius 3 is 2.76 bits per heavy atom. The van der Waals surface area contributed by atoms with Crippen LogP contribution in [0.1, 0.15) is 12.2 Å². The van der Waals surface area contributed by atoms with Crippen molar-refractivity contribution in [3.8, 4) is 0 Å². The molecule has 1 aromatic rings. The first-order valence-corrected chi connectivity index (χ1v) is 13.3. The highest BCUT2D eigenvalue weighted by Gasteiger charge is 2.54. The van der Waals surface area contributed by atoms with Crippen LogP contribution in [0.4, 0.5) is 5.13 Å². The number of thioether (sulfide) groups is 1. The summed E-state index contributed by atoms with van der Waals surface area (Å²) < 4.78 is 4.59. The van der Waals surface area contributed by atoms with E-state index in [2.05, 4.69) is 19.8 Å². The molecule has 6 N–H and O–H groups in total. The van der Waals surface area contributed by atoms with Crippen LogP contribution in [0.15, 0.2) is 40.2 Å². The summed E-state index contributed by atoms with van der Waals surface area (Å²) >= 11 is 2.22. The fourth-order valence-corrected chi connectivity index (χ4v) is 6.09. The van der Waals surface area contributed by atoms with Gasteiger partial charge in [-0.25, -0.2) is 4.79 Å². The highest BCUT2D eigenvalue weighted by molar-refractivity contribution is 8.00. The van der Waals surface area contributed by atoms with Gasteiger partial charge in [-0.3, -0.25) is 19.3 Å². The largest absolute Gasteiger partial charge is 0.477 e. The smallest absolute Gasteiger partial charge is 0.352 e. The number of oxime groups is 1. The molecule has 16 heteroatoms. The third kappa shape index (κ3) is 5.41. The molecule has 3 aliphatic rings. The third-order valence-electron chi connectivity index (χ3n) is 6.42. The number of rotatable bonds is 9. The predicted molar refractivity (Wildman–Crippen MR) is 139 cm³/mol. The van der Waals surface area contributed by atoms with Gasteiger partial charge in [0.1, 0.15) is 24.2 Å². The van der Waals surface area contributed by atoms with Crippen molar-refractivity contribution in [3.05, 3.63) is 40.9 Å². The minimum Gasteiger partial charge on any atom is -0.477 e. The Morgan fingerprint density at radius 2 is 2.18 bits per heavy atom. The van der Waals surface area contributed by atoms with Crippen LogP contribution in [0.5, 0.6) is 0 Å². The van der Waals surface area contributed by atoms with Crippen LogP contribution >= 0.6 is 23.3 Å². The summed E-state index contributed by atoms with van der Waals surface area (Å²) in [5, 5.41) is 15.7. The molecule has 4 heterocycles. The van der Waals surface area contributed by atoms with Gasteiger partial charge in [0.25, 0.3) is 11.8 Å². The molecule has 1 fully saturated rings. The van der Waals surface area contributed by atoms with E-state index in [1.807, 2.05) is 19.2 Å². The number of carbonyl (C=O) groups is 4. The lowest BCUT2D eigenvalue weighted by Gasteiger charge is -2.49. The van der Waals surface area contributed by atoms with Gasteiger partial charge in [0.2, 0.25) is 17.4 Å². The molecule has 4 rings (SSSR count). The van der Waals surface area contributed by atoms with Crippen LogP contribution in [0.2, 0.25) is 0 Å². The Balaban J connectivity index is 1.45. The first-order chi connectivity index (χ1) is 18.0. The SMILES string of the molecule is CO/N=C(\C(=O)N[C@@H]1C(=O)N2C(C(=O)O)=C(/C=C/C[N+]3(C)CC=C(C(N)=O)CC3)CS[C@@H]12)c1nsc(N)n1. The van der Waals surface area contributed by atoms with Crippen molar-refractivity contribution in [1.29, 1.82) is 0 Å². The number of likely N-dealkylation sites (N-methyl/N-ethyl adjacent to an activating group) is 1. The van der Waals surface area contributed by atoms with Crippen molar-refractivity contribution in [2.45, 2.75) is 17.8 Å². The number of allylic oxidation sites excluding steroid dienone is 1. The molecule has 1 saturated heterocycles. The van der Waals surface area contributed by atoms with Gasteiger partial charge >= 0.3 is 5.97 Å². The zero-order chi connectivity index (χ0) is 27.6. The van der Waals surface area contributed by atoms with Crippen molar-refractivity contribution in [1.82, 2.24) is 19.6 Å². The number of nitrogens with two attached hydrogens (primary N) is 2. The Bertz CT molecular complexity index is 1300. The normalized spacial score (nSPS) is 25.5. The minimum atomic E-state index is -1.23. The summed E-state index contributed by atoms with van der Waals surface area (Å²) in [5.74, 6) is -2.65. The van der Waals surface area contributed by atoms with E-state index >= 15 is 0 Å². The number of carboxylic acids is 1. The average molecular weight is 564 g/mol. The first-order valence-electron chi connectivity index (χ1n) is 11.5. The van der Waals surface area contributed by atoms with Gasteiger partial charge in [-0.15, -0.1) is 11.8 Å². The summed E-state index contributed by atoms with van der Waals surface area (Å²) in [5.41, 5.74) is 11.7. The van der Waals surface area contributed by atoms with Gasteiger partial charge in [-0.1, -0.05) is 11.2 Å². The fourth-order valence-electron chi connectivity index (χ4n) is 4.34. The second-order valence-electron chi connectivity index (χ2n) is 9.07. The average Bonchev–Trinajstić information content (AvgIpc) is 3.30. The summed E-state index contributed by atoms with van der Waals surface area (Å²) in [4.78, 5) is 59.2. The van der Waals surface area contributed by atoms with Gasteiger partial charge < -0.3 is 31.2 Å². The minimum absolute atomic E-state index is 0.0447. The molecule has 3 atom stereocenters. The summed E-state index contributed by atoms with van der Waals surface area (Å²) in [6.45, 7) is 1.97. The van der Waals surface area contributed by atoms with E-state index in [1.165, 1.54) is 23.8 Å². The number of anilines is 1. The van der Waals surface area contributed by atoms with Crippen molar-refractivity contribution in [2.24, 2.45) is 10.9 Å². The van der Waals surface area contributed by atoms with E-state index in [4.69, 9.17) is 16.3 Å². The van der Waals surface area contributed by atoms with E-state index in [0.29, 0.717) is 40.9 Å². The standard InChI is InChI=1S/C22H26N8O6S2/c1-30(8-5-11(6-9-30)16(23)31)7-3-4-12-10-37-20-14(19(33)29(20)15(12)21(34)35)25-18(32)13(27-36-2)17-26-22(24)38-28-17/h3-5,14,20H,6-10H2,1-2H3,(H5-,23,24,25,26,28,31,32,34,35)/p+1/b4-3+,27-13-/t14-,20+,30?/m1/s1. The van der Waals surface area contributed by atoms with Crippen LogP contribution in [0, 0.1) is 0 Å². The Labute approximate surface area is 225 Å². The monoisotopic (exact) mass is 563 g/mol. The van der Waals surface area contributed by atoms with E-state index < -0.39 is 35.1 Å². The molecule has 0 spiro atoms. The Hall–Kier alpha value is -3.76. The molecule has 3 aliphatic heterocycles. The summed E-state index contributed by atoms with van der Waals surface area (Å²) in [6.07, 6.45) is 6.03. The van der Waals surface area contributed by atoms with E-state index in [1.54, 1.807) is 6.08 Å². The number of primary amides is 1. The lowest BCUT2D eigenvalue weighted by atomic mass is 10.0. The number of amides is 3. The maximum absolute atomic E-state index is 13.0. The number of nitrogen functional groups attached to an aromatic ring is 1. The molecule has 38 heavy (non-hydrogen) atoms. The third-order valence-corrected chi connectivity index (χ3v) is 8.26. The number of aromatic nitrogens is 2. The van der Waals surface area contributed by atoms with Crippen LogP contribution in [-0.2, 0) is 24.0 Å². The maximum Gasteiger partial charge on any atom is 0.352 e. The predicted octanol–water partition coefficient (Wildman–Crippen LogP) is -0.972. The highest BCUT2D eigenvalue weighted by Crippen LogP contribution is 2.40. The van der Waals surface area contributed by atoms with Gasteiger partial charge in [-0.2, -0.15) is 9.36 Å². The molecule has 0 aliphatic carbocycles. The first kappa shape index (κ1) is 27.3. The maximum atomic E-state index is 13.0. The lowest BCUT2D eigenvalue weighted by Crippen LogP contribution is -2.71. The molecule has 0 radical (unpaired) electrons. The molecule has 3 amide bonds. The Morgan fingerprint density at radius 1 is 1.42 bits per heavy atom. The van der Waals surface area contributed by atoms with Gasteiger partial charge in [0.05, 0.1) is 26.7 Å². The van der Waals surface area contributed by atoms with Crippen molar-refractivity contribution in [3.63, 3.8) is 0 Å².